The van der Waals surface area contributed by atoms with Crippen molar-refractivity contribution in [3.8, 4) is 0 Å². The van der Waals surface area contributed by atoms with Crippen LogP contribution in [0.3, 0.4) is 0 Å². The van der Waals surface area contributed by atoms with Crippen LogP contribution in [-0.2, 0) is 15.1 Å². The second kappa shape index (κ2) is 6.37. The first-order valence-corrected chi connectivity index (χ1v) is 6.61. The van der Waals surface area contributed by atoms with Gasteiger partial charge in [0, 0.05) is 11.1 Å². The van der Waals surface area contributed by atoms with Crippen LogP contribution in [0.2, 0.25) is 0 Å². The molecule has 0 heterocycles. The first kappa shape index (κ1) is 17.0. The highest BCUT2D eigenvalue weighted by molar-refractivity contribution is 5.85. The van der Waals surface area contributed by atoms with Gasteiger partial charge in [-0.05, 0) is 31.2 Å². The summed E-state index contributed by atoms with van der Waals surface area (Å²) in [6, 6.07) is 4.50. The van der Waals surface area contributed by atoms with Gasteiger partial charge in [-0.3, -0.25) is 0 Å². The summed E-state index contributed by atoms with van der Waals surface area (Å²) < 4.78 is 57.8. The number of rotatable bonds is 4. The van der Waals surface area contributed by atoms with Crippen molar-refractivity contribution in [1.29, 1.82) is 0 Å². The Balaban J connectivity index is 2.66. The SMILES string of the molecule is CCOC(=O)C(O)(c1ccc(F)c(F)c1)c1ccc(F)c(F)c1. The van der Waals surface area contributed by atoms with E-state index in [1.807, 2.05) is 0 Å². The lowest BCUT2D eigenvalue weighted by Gasteiger charge is -2.27. The van der Waals surface area contributed by atoms with Crippen LogP contribution in [0.15, 0.2) is 36.4 Å². The topological polar surface area (TPSA) is 46.5 Å². The molecule has 7 heteroatoms. The third-order valence-corrected chi connectivity index (χ3v) is 3.25. The van der Waals surface area contributed by atoms with Gasteiger partial charge in [-0.2, -0.15) is 0 Å². The minimum Gasteiger partial charge on any atom is -0.463 e. The van der Waals surface area contributed by atoms with Gasteiger partial charge < -0.3 is 9.84 Å². The van der Waals surface area contributed by atoms with Gasteiger partial charge in [0.05, 0.1) is 6.61 Å². The molecule has 0 saturated heterocycles. The lowest BCUT2D eigenvalue weighted by Crippen LogP contribution is -2.39. The van der Waals surface area contributed by atoms with E-state index in [0.717, 1.165) is 12.1 Å². The van der Waals surface area contributed by atoms with Crippen LogP contribution in [0.25, 0.3) is 0 Å². The van der Waals surface area contributed by atoms with Gasteiger partial charge in [0.1, 0.15) is 0 Å². The van der Waals surface area contributed by atoms with Gasteiger partial charge in [-0.1, -0.05) is 12.1 Å². The number of ether oxygens (including phenoxy) is 1. The molecule has 0 bridgehead atoms. The van der Waals surface area contributed by atoms with E-state index in [1.165, 1.54) is 6.92 Å². The van der Waals surface area contributed by atoms with Crippen molar-refractivity contribution in [2.24, 2.45) is 0 Å². The predicted octanol–water partition coefficient (Wildman–Crippen LogP) is 3.04. The highest BCUT2D eigenvalue weighted by Crippen LogP contribution is 2.33. The second-order valence-corrected chi connectivity index (χ2v) is 4.69. The van der Waals surface area contributed by atoms with Crippen molar-refractivity contribution in [3.63, 3.8) is 0 Å². The van der Waals surface area contributed by atoms with Gasteiger partial charge >= 0.3 is 5.97 Å². The lowest BCUT2D eigenvalue weighted by atomic mass is 9.86. The zero-order valence-electron chi connectivity index (χ0n) is 11.9. The van der Waals surface area contributed by atoms with Crippen LogP contribution in [-0.4, -0.2) is 17.7 Å². The van der Waals surface area contributed by atoms with Gasteiger partial charge in [-0.25, -0.2) is 22.4 Å². The average molecular weight is 328 g/mol. The van der Waals surface area contributed by atoms with E-state index >= 15 is 0 Å². The minimum absolute atomic E-state index is 0.117. The first-order valence-electron chi connectivity index (χ1n) is 6.61. The zero-order valence-corrected chi connectivity index (χ0v) is 11.9. The molecule has 2 aromatic rings. The third kappa shape index (κ3) is 3.05. The standard InChI is InChI=1S/C16H12F4O3/c1-2-23-15(21)16(22,9-3-5-11(17)13(19)7-9)10-4-6-12(18)14(20)8-10/h3-8,22H,2H2,1H3. The summed E-state index contributed by atoms with van der Waals surface area (Å²) in [5.74, 6) is -6.23. The summed E-state index contributed by atoms with van der Waals surface area (Å²) >= 11 is 0. The second-order valence-electron chi connectivity index (χ2n) is 4.69. The Hall–Kier alpha value is -2.41. The van der Waals surface area contributed by atoms with E-state index in [4.69, 9.17) is 4.74 Å². The van der Waals surface area contributed by atoms with Crippen molar-refractivity contribution in [2.75, 3.05) is 6.61 Å². The van der Waals surface area contributed by atoms with E-state index in [0.29, 0.717) is 24.3 Å². The molecule has 0 amide bonds. The number of hydrogen-bond acceptors (Lipinski definition) is 3. The highest BCUT2D eigenvalue weighted by atomic mass is 19.2. The number of aliphatic hydroxyl groups is 1. The molecule has 0 aromatic heterocycles. The van der Waals surface area contributed by atoms with Crippen LogP contribution >= 0.6 is 0 Å². The predicted molar refractivity (Wildman–Crippen MR) is 72.3 cm³/mol. The maximum atomic E-state index is 13.4. The Kier molecular flexibility index (Phi) is 4.70. The Bertz CT molecular complexity index is 695. The van der Waals surface area contributed by atoms with Crippen LogP contribution in [0.1, 0.15) is 18.1 Å². The number of carbonyl (C=O) groups excluding carboxylic acids is 1. The molecule has 0 unspecified atom stereocenters. The van der Waals surface area contributed by atoms with Crippen LogP contribution in [0.5, 0.6) is 0 Å². The molecule has 122 valence electrons. The van der Waals surface area contributed by atoms with E-state index in [2.05, 4.69) is 0 Å². The molecular weight excluding hydrogens is 316 g/mol. The Morgan fingerprint density at radius 2 is 1.39 bits per heavy atom. The molecule has 23 heavy (non-hydrogen) atoms. The smallest absolute Gasteiger partial charge is 0.347 e. The molecule has 0 spiro atoms. The van der Waals surface area contributed by atoms with E-state index < -0.39 is 34.8 Å². The fraction of sp³-hybridized carbons (Fsp3) is 0.188. The number of esters is 1. The maximum Gasteiger partial charge on any atom is 0.347 e. The van der Waals surface area contributed by atoms with Crippen LogP contribution < -0.4 is 0 Å². The number of carbonyl (C=O) groups is 1. The fourth-order valence-corrected chi connectivity index (χ4v) is 2.08. The summed E-state index contributed by atoms with van der Waals surface area (Å²) in [6.45, 7) is 1.35. The van der Waals surface area contributed by atoms with E-state index in [1.54, 1.807) is 0 Å². The summed E-state index contributed by atoms with van der Waals surface area (Å²) in [7, 11) is 0. The molecule has 0 aliphatic carbocycles. The molecule has 0 aliphatic rings. The van der Waals surface area contributed by atoms with Crippen LogP contribution in [0.4, 0.5) is 17.6 Å². The quantitative estimate of drug-likeness (QED) is 0.693. The van der Waals surface area contributed by atoms with E-state index in [9.17, 15) is 27.5 Å². The molecule has 0 fully saturated rings. The van der Waals surface area contributed by atoms with Gasteiger partial charge in [0.2, 0.25) is 5.60 Å². The van der Waals surface area contributed by atoms with Gasteiger partial charge in [0.15, 0.2) is 23.3 Å². The summed E-state index contributed by atoms with van der Waals surface area (Å²) in [6.07, 6.45) is 0. The van der Waals surface area contributed by atoms with E-state index in [-0.39, 0.29) is 17.7 Å². The average Bonchev–Trinajstić information content (AvgIpc) is 2.52. The summed E-state index contributed by atoms with van der Waals surface area (Å²) in [4.78, 5) is 12.2. The first-order chi connectivity index (χ1) is 10.8. The molecule has 0 radical (unpaired) electrons. The molecule has 3 nitrogen and oxygen atoms in total. The van der Waals surface area contributed by atoms with Crippen molar-refractivity contribution >= 4 is 5.97 Å². The number of halogens is 4. The fourth-order valence-electron chi connectivity index (χ4n) is 2.08. The van der Waals surface area contributed by atoms with Crippen LogP contribution in [0, 0.1) is 23.3 Å². The van der Waals surface area contributed by atoms with Gasteiger partial charge in [0.25, 0.3) is 0 Å². The molecule has 0 aliphatic heterocycles. The summed E-state index contributed by atoms with van der Waals surface area (Å²) in [5, 5.41) is 10.7. The third-order valence-electron chi connectivity index (χ3n) is 3.25. The largest absolute Gasteiger partial charge is 0.463 e. The molecule has 1 N–H and O–H groups in total. The normalized spacial score (nSPS) is 11.4. The molecule has 0 atom stereocenters. The molecule has 0 saturated carbocycles. The van der Waals surface area contributed by atoms with Crippen molar-refractivity contribution in [1.82, 2.24) is 0 Å². The maximum absolute atomic E-state index is 13.4. The number of benzene rings is 2. The Morgan fingerprint density at radius 3 is 1.74 bits per heavy atom. The monoisotopic (exact) mass is 328 g/mol. The minimum atomic E-state index is -2.61. The van der Waals surface area contributed by atoms with Gasteiger partial charge in [-0.15, -0.1) is 0 Å². The Morgan fingerprint density at radius 1 is 0.957 bits per heavy atom. The Labute approximate surface area is 129 Å². The highest BCUT2D eigenvalue weighted by Gasteiger charge is 2.42. The lowest BCUT2D eigenvalue weighted by molar-refractivity contribution is -0.161. The van der Waals surface area contributed by atoms with Crippen molar-refractivity contribution in [3.05, 3.63) is 70.8 Å². The molecule has 2 rings (SSSR count). The number of hydrogen-bond donors (Lipinski definition) is 1. The zero-order chi connectivity index (χ0) is 17.2. The molecule has 2 aromatic carbocycles. The van der Waals surface area contributed by atoms with Crippen molar-refractivity contribution < 1.29 is 32.2 Å². The molecular formula is C16H12F4O3. The summed E-state index contributed by atoms with van der Waals surface area (Å²) in [5.41, 5.74) is -3.36. The van der Waals surface area contributed by atoms with Crippen molar-refractivity contribution in [2.45, 2.75) is 12.5 Å².